The second kappa shape index (κ2) is 8.22. The van der Waals surface area contributed by atoms with E-state index in [1.54, 1.807) is 13.3 Å². The van der Waals surface area contributed by atoms with Gasteiger partial charge in [0.05, 0.1) is 37.9 Å². The van der Waals surface area contributed by atoms with E-state index in [1.807, 2.05) is 35.0 Å². The molecule has 0 aliphatic carbocycles. The predicted octanol–water partition coefficient (Wildman–Crippen LogP) is 3.30. The van der Waals surface area contributed by atoms with Crippen molar-refractivity contribution in [2.75, 3.05) is 33.4 Å². The van der Waals surface area contributed by atoms with Gasteiger partial charge in [-0.3, -0.25) is 4.90 Å². The van der Waals surface area contributed by atoms with Crippen molar-refractivity contribution in [2.24, 2.45) is 0 Å². The molecule has 0 atom stereocenters. The first kappa shape index (κ1) is 18.7. The van der Waals surface area contributed by atoms with Crippen molar-refractivity contribution >= 4 is 5.65 Å². The number of methoxy groups -OCH3 is 1. The SMILES string of the molecule is COc1cc(-c2ccc3ncc(-c4ccc(CN5CCOCC5)cc4)n3n2)ccn1. The monoisotopic (exact) mass is 401 g/mol. The molecule has 30 heavy (non-hydrogen) atoms. The highest BCUT2D eigenvalue weighted by Gasteiger charge is 2.12. The van der Waals surface area contributed by atoms with E-state index in [9.17, 15) is 0 Å². The number of imidazole rings is 1. The highest BCUT2D eigenvalue weighted by atomic mass is 16.5. The molecule has 4 heterocycles. The maximum absolute atomic E-state index is 5.43. The molecule has 0 unspecified atom stereocenters. The molecule has 4 aromatic rings. The second-order valence-electron chi connectivity index (χ2n) is 7.30. The number of rotatable bonds is 5. The van der Waals surface area contributed by atoms with Gasteiger partial charge in [-0.25, -0.2) is 14.5 Å². The molecular formula is C23H23N5O2. The van der Waals surface area contributed by atoms with E-state index in [2.05, 4.69) is 39.1 Å². The highest BCUT2D eigenvalue weighted by Crippen LogP contribution is 2.25. The van der Waals surface area contributed by atoms with Crippen LogP contribution in [0.2, 0.25) is 0 Å². The zero-order chi connectivity index (χ0) is 20.3. The zero-order valence-electron chi connectivity index (χ0n) is 16.9. The fraction of sp³-hybridized carbons (Fsp3) is 0.261. The van der Waals surface area contributed by atoms with E-state index in [4.69, 9.17) is 14.6 Å². The summed E-state index contributed by atoms with van der Waals surface area (Å²) in [6, 6.07) is 16.4. The first-order valence-electron chi connectivity index (χ1n) is 10.0. The predicted molar refractivity (Wildman–Crippen MR) is 114 cm³/mol. The van der Waals surface area contributed by atoms with Crippen molar-refractivity contribution in [3.05, 3.63) is 66.5 Å². The maximum atomic E-state index is 5.43. The normalized spacial score (nSPS) is 14.8. The van der Waals surface area contributed by atoms with E-state index < -0.39 is 0 Å². The van der Waals surface area contributed by atoms with E-state index in [0.29, 0.717) is 5.88 Å². The van der Waals surface area contributed by atoms with Gasteiger partial charge in [0, 0.05) is 43.0 Å². The van der Waals surface area contributed by atoms with Gasteiger partial charge in [-0.15, -0.1) is 0 Å². The number of pyridine rings is 1. The summed E-state index contributed by atoms with van der Waals surface area (Å²) >= 11 is 0. The number of nitrogens with zero attached hydrogens (tertiary/aromatic N) is 5. The molecule has 152 valence electrons. The van der Waals surface area contributed by atoms with E-state index in [0.717, 1.165) is 61.0 Å². The fourth-order valence-electron chi connectivity index (χ4n) is 3.70. The number of hydrogen-bond donors (Lipinski definition) is 0. The first-order chi connectivity index (χ1) is 14.8. The quantitative estimate of drug-likeness (QED) is 0.511. The summed E-state index contributed by atoms with van der Waals surface area (Å²) in [6.45, 7) is 4.56. The summed E-state index contributed by atoms with van der Waals surface area (Å²) in [5.41, 5.74) is 5.95. The lowest BCUT2D eigenvalue weighted by Crippen LogP contribution is -2.35. The lowest BCUT2D eigenvalue weighted by Gasteiger charge is -2.26. The second-order valence-corrected chi connectivity index (χ2v) is 7.30. The molecule has 1 aliphatic rings. The van der Waals surface area contributed by atoms with Gasteiger partial charge in [0.1, 0.15) is 0 Å². The Hall–Kier alpha value is -3.29. The van der Waals surface area contributed by atoms with Crippen LogP contribution in [0.4, 0.5) is 0 Å². The minimum Gasteiger partial charge on any atom is -0.481 e. The smallest absolute Gasteiger partial charge is 0.213 e. The van der Waals surface area contributed by atoms with Gasteiger partial charge >= 0.3 is 0 Å². The molecule has 0 N–H and O–H groups in total. The zero-order valence-corrected chi connectivity index (χ0v) is 16.9. The van der Waals surface area contributed by atoms with Gasteiger partial charge in [-0.05, 0) is 23.8 Å². The van der Waals surface area contributed by atoms with E-state index in [1.165, 1.54) is 5.56 Å². The molecule has 1 aromatic carbocycles. The average Bonchev–Trinajstić information content (AvgIpc) is 3.23. The van der Waals surface area contributed by atoms with Crippen LogP contribution in [-0.4, -0.2) is 57.9 Å². The summed E-state index contributed by atoms with van der Waals surface area (Å²) < 4.78 is 12.6. The van der Waals surface area contributed by atoms with Crippen molar-refractivity contribution in [1.82, 2.24) is 24.5 Å². The summed E-state index contributed by atoms with van der Waals surface area (Å²) in [7, 11) is 1.61. The molecule has 1 fully saturated rings. The van der Waals surface area contributed by atoms with Crippen molar-refractivity contribution in [3.63, 3.8) is 0 Å². The summed E-state index contributed by atoms with van der Waals surface area (Å²) in [5, 5.41) is 4.82. The number of aromatic nitrogens is 4. The highest BCUT2D eigenvalue weighted by molar-refractivity contribution is 5.66. The average molecular weight is 401 g/mol. The Kier molecular flexibility index (Phi) is 5.13. The van der Waals surface area contributed by atoms with Crippen LogP contribution in [0.25, 0.3) is 28.2 Å². The van der Waals surface area contributed by atoms with Crippen LogP contribution in [0.15, 0.2) is 60.9 Å². The van der Waals surface area contributed by atoms with Crippen LogP contribution in [0.5, 0.6) is 5.88 Å². The van der Waals surface area contributed by atoms with Gasteiger partial charge in [0.15, 0.2) is 5.65 Å². The van der Waals surface area contributed by atoms with E-state index >= 15 is 0 Å². The molecule has 5 rings (SSSR count). The molecule has 0 bridgehead atoms. The Morgan fingerprint density at radius 3 is 2.60 bits per heavy atom. The number of morpholine rings is 1. The van der Waals surface area contributed by atoms with Gasteiger partial charge in [0.25, 0.3) is 0 Å². The number of hydrogen-bond acceptors (Lipinski definition) is 6. The van der Waals surface area contributed by atoms with Crippen LogP contribution in [-0.2, 0) is 11.3 Å². The molecule has 7 nitrogen and oxygen atoms in total. The summed E-state index contributed by atoms with van der Waals surface area (Å²) in [4.78, 5) is 11.1. The lowest BCUT2D eigenvalue weighted by molar-refractivity contribution is 0.0342. The molecular weight excluding hydrogens is 378 g/mol. The Bertz CT molecular complexity index is 1150. The standard InChI is InChI=1S/C23H23N5O2/c1-29-23-14-19(8-9-24-23)20-6-7-22-25-15-21(28(22)26-20)18-4-2-17(3-5-18)16-27-10-12-30-13-11-27/h2-9,14-15H,10-13,16H2,1H3. The van der Waals surface area contributed by atoms with E-state index in [-0.39, 0.29) is 0 Å². The topological polar surface area (TPSA) is 64.8 Å². The Morgan fingerprint density at radius 1 is 0.967 bits per heavy atom. The molecule has 3 aromatic heterocycles. The number of benzene rings is 1. The van der Waals surface area contributed by atoms with Gasteiger partial charge in [-0.1, -0.05) is 24.3 Å². The molecule has 7 heteroatoms. The number of ether oxygens (including phenoxy) is 2. The van der Waals surface area contributed by atoms with Crippen LogP contribution in [0, 0.1) is 0 Å². The van der Waals surface area contributed by atoms with Crippen molar-refractivity contribution in [1.29, 1.82) is 0 Å². The van der Waals surface area contributed by atoms with Crippen LogP contribution in [0.1, 0.15) is 5.56 Å². The Morgan fingerprint density at radius 2 is 1.80 bits per heavy atom. The fourth-order valence-corrected chi connectivity index (χ4v) is 3.70. The molecule has 0 spiro atoms. The third-order valence-electron chi connectivity index (χ3n) is 5.36. The summed E-state index contributed by atoms with van der Waals surface area (Å²) in [5.74, 6) is 0.566. The minimum absolute atomic E-state index is 0.566. The number of fused-ring (bicyclic) bond motifs is 1. The minimum atomic E-state index is 0.566. The Labute approximate surface area is 174 Å². The summed E-state index contributed by atoms with van der Waals surface area (Å²) in [6.07, 6.45) is 3.60. The van der Waals surface area contributed by atoms with Gasteiger partial charge in [-0.2, -0.15) is 5.10 Å². The van der Waals surface area contributed by atoms with Gasteiger partial charge < -0.3 is 9.47 Å². The molecule has 0 amide bonds. The molecule has 0 radical (unpaired) electrons. The Balaban J connectivity index is 1.44. The largest absolute Gasteiger partial charge is 0.481 e. The molecule has 1 saturated heterocycles. The van der Waals surface area contributed by atoms with Crippen molar-refractivity contribution in [2.45, 2.75) is 6.54 Å². The van der Waals surface area contributed by atoms with Crippen molar-refractivity contribution in [3.8, 4) is 28.4 Å². The van der Waals surface area contributed by atoms with Gasteiger partial charge in [0.2, 0.25) is 5.88 Å². The van der Waals surface area contributed by atoms with Crippen LogP contribution in [0.3, 0.4) is 0 Å². The molecule has 1 aliphatic heterocycles. The first-order valence-corrected chi connectivity index (χ1v) is 10.0. The van der Waals surface area contributed by atoms with Crippen molar-refractivity contribution < 1.29 is 9.47 Å². The molecule has 0 saturated carbocycles. The third-order valence-corrected chi connectivity index (χ3v) is 5.36. The van der Waals surface area contributed by atoms with Crippen LogP contribution >= 0.6 is 0 Å². The van der Waals surface area contributed by atoms with Crippen LogP contribution < -0.4 is 4.74 Å². The lowest BCUT2D eigenvalue weighted by atomic mass is 10.1. The third kappa shape index (κ3) is 3.77. The maximum Gasteiger partial charge on any atom is 0.213 e.